The number of aliphatic carboxylic acids is 1. The first kappa shape index (κ1) is 29.5. The van der Waals surface area contributed by atoms with Crippen LogP contribution in [0.15, 0.2) is 0 Å². The summed E-state index contributed by atoms with van der Waals surface area (Å²) in [5.41, 5.74) is 15.6. The number of rotatable bonds is 16. The first-order chi connectivity index (χ1) is 14.9. The zero-order chi connectivity index (χ0) is 24.8. The predicted molar refractivity (Wildman–Crippen MR) is 120 cm³/mol. The molecule has 0 aromatic rings. The molecule has 0 aliphatic carbocycles. The molecule has 0 fully saturated rings. The maximum Gasteiger partial charge on any atom is 0.326 e. The van der Waals surface area contributed by atoms with Crippen molar-refractivity contribution >= 4 is 59.9 Å². The first-order valence-electron chi connectivity index (χ1n) is 9.48. The summed E-state index contributed by atoms with van der Waals surface area (Å²) in [5.74, 6) is -4.99. The largest absolute Gasteiger partial charge is 0.480 e. The fourth-order valence-electron chi connectivity index (χ4n) is 2.38. The van der Waals surface area contributed by atoms with E-state index in [1.807, 2.05) is 0 Å². The maximum absolute atomic E-state index is 12.7. The van der Waals surface area contributed by atoms with Crippen molar-refractivity contribution in [1.29, 1.82) is 0 Å². The molecule has 0 aromatic heterocycles. The number of nitrogens with two attached hydrogens (primary N) is 3. The topological polar surface area (TPSA) is 237 Å². The van der Waals surface area contributed by atoms with E-state index in [1.54, 1.807) is 6.26 Å². The number of primary amides is 2. The lowest BCUT2D eigenvalue weighted by molar-refractivity contribution is -0.142. The second kappa shape index (κ2) is 15.3. The molecule has 0 aromatic carbocycles. The molecule has 4 atom stereocenters. The average Bonchev–Trinajstić information content (AvgIpc) is 2.70. The quantitative estimate of drug-likeness (QED) is 0.1000. The Hall–Kier alpha value is -2.52. The molecule has 0 aliphatic rings. The number of carbonyl (C=O) groups is 6. The first-order valence-corrected chi connectivity index (χ1v) is 11.5. The van der Waals surface area contributed by atoms with Gasteiger partial charge < -0.3 is 38.3 Å². The minimum Gasteiger partial charge on any atom is -0.480 e. The lowest BCUT2D eigenvalue weighted by atomic mass is 10.1. The van der Waals surface area contributed by atoms with Crippen LogP contribution in [0.1, 0.15) is 25.7 Å². The molecule has 0 bridgehead atoms. The third-order valence-electron chi connectivity index (χ3n) is 4.11. The fraction of sp³-hybridized carbons (Fsp3) is 0.647. The van der Waals surface area contributed by atoms with Gasteiger partial charge in [-0.3, -0.25) is 24.0 Å². The van der Waals surface area contributed by atoms with Crippen molar-refractivity contribution in [1.82, 2.24) is 16.0 Å². The van der Waals surface area contributed by atoms with Crippen LogP contribution in [0.5, 0.6) is 0 Å². The molecule has 0 radical (unpaired) electrons. The van der Waals surface area contributed by atoms with Crippen molar-refractivity contribution in [2.24, 2.45) is 17.2 Å². The summed E-state index contributed by atoms with van der Waals surface area (Å²) in [5, 5.41) is 16.2. The van der Waals surface area contributed by atoms with Crippen LogP contribution in [0.4, 0.5) is 0 Å². The molecule has 5 amide bonds. The van der Waals surface area contributed by atoms with Gasteiger partial charge in [-0.25, -0.2) is 4.79 Å². The number of carboxylic acids is 1. The molecule has 0 saturated heterocycles. The summed E-state index contributed by atoms with van der Waals surface area (Å²) in [7, 11) is 0. The van der Waals surface area contributed by atoms with Crippen molar-refractivity contribution in [2.45, 2.75) is 49.9 Å². The van der Waals surface area contributed by atoms with Crippen molar-refractivity contribution in [2.75, 3.05) is 17.8 Å². The molecule has 0 heterocycles. The molecular weight excluding hydrogens is 464 g/mol. The van der Waals surface area contributed by atoms with Crippen LogP contribution in [0, 0.1) is 0 Å². The van der Waals surface area contributed by atoms with E-state index in [0.29, 0.717) is 5.75 Å². The highest BCUT2D eigenvalue weighted by atomic mass is 32.2. The van der Waals surface area contributed by atoms with Gasteiger partial charge in [0.25, 0.3) is 0 Å². The smallest absolute Gasteiger partial charge is 0.326 e. The number of carboxylic acid groups (broad SMARTS) is 1. The number of thioether (sulfide) groups is 1. The second-order valence-corrected chi connectivity index (χ2v) is 8.12. The summed E-state index contributed by atoms with van der Waals surface area (Å²) < 4.78 is 0. The van der Waals surface area contributed by atoms with Crippen molar-refractivity contribution in [3.8, 4) is 0 Å². The monoisotopic (exact) mass is 494 g/mol. The molecule has 0 spiro atoms. The van der Waals surface area contributed by atoms with Crippen LogP contribution in [0.25, 0.3) is 0 Å². The minimum absolute atomic E-state index is 0.171. The van der Waals surface area contributed by atoms with Gasteiger partial charge in [0.05, 0.1) is 12.5 Å². The van der Waals surface area contributed by atoms with Crippen LogP contribution < -0.4 is 33.2 Å². The Morgan fingerprint density at radius 3 is 1.88 bits per heavy atom. The lowest BCUT2D eigenvalue weighted by Crippen LogP contribution is -2.58. The zero-order valence-corrected chi connectivity index (χ0v) is 19.2. The van der Waals surface area contributed by atoms with E-state index >= 15 is 0 Å². The summed E-state index contributed by atoms with van der Waals surface area (Å²) in [6, 6.07) is -5.02. The highest BCUT2D eigenvalue weighted by Gasteiger charge is 2.30. The third kappa shape index (κ3) is 11.8. The van der Waals surface area contributed by atoms with Crippen LogP contribution in [-0.2, 0) is 28.8 Å². The fourth-order valence-corrected chi connectivity index (χ4v) is 3.10. The Kier molecular flexibility index (Phi) is 14.1. The van der Waals surface area contributed by atoms with Crippen LogP contribution in [0.3, 0.4) is 0 Å². The SMILES string of the molecule is CSCCC(NC(=O)C(CS)NC(=O)C(CCC(N)=O)NC(=O)C(N)CC(N)=O)C(=O)O. The second-order valence-electron chi connectivity index (χ2n) is 6.77. The van der Waals surface area contributed by atoms with Crippen molar-refractivity contribution < 1.29 is 33.9 Å². The van der Waals surface area contributed by atoms with Gasteiger partial charge >= 0.3 is 5.97 Å². The minimum atomic E-state index is -1.33. The van der Waals surface area contributed by atoms with Gasteiger partial charge in [0.15, 0.2) is 0 Å². The van der Waals surface area contributed by atoms with Gasteiger partial charge in [0.1, 0.15) is 18.1 Å². The summed E-state index contributed by atoms with van der Waals surface area (Å²) in [6.45, 7) is 0. The van der Waals surface area contributed by atoms with Crippen LogP contribution in [-0.4, -0.2) is 82.5 Å². The molecule has 4 unspecified atom stereocenters. The molecule has 10 N–H and O–H groups in total. The summed E-state index contributed by atoms with van der Waals surface area (Å²) in [6.07, 6.45) is 1.02. The number of amides is 5. The number of hydrogen-bond acceptors (Lipinski definition) is 9. The standard InChI is InChI=1S/C17H30N6O7S2/c1-32-5-4-10(17(29)30)22-16(28)11(7-31)23-15(27)9(2-3-12(19)24)21-14(26)8(18)6-13(20)25/h8-11,31H,2-7,18H2,1H3,(H2,19,24)(H2,20,25)(H,21,26)(H,22,28)(H,23,27)(H,29,30). The molecule has 32 heavy (non-hydrogen) atoms. The van der Waals surface area contributed by atoms with E-state index in [1.165, 1.54) is 11.8 Å². The Morgan fingerprint density at radius 2 is 1.41 bits per heavy atom. The van der Waals surface area contributed by atoms with Crippen LogP contribution in [0.2, 0.25) is 0 Å². The Labute approximate surface area is 194 Å². The zero-order valence-electron chi connectivity index (χ0n) is 17.5. The highest BCUT2D eigenvalue weighted by Crippen LogP contribution is 2.04. The normalized spacial score (nSPS) is 14.3. The van der Waals surface area contributed by atoms with E-state index < -0.39 is 66.1 Å². The Bertz CT molecular complexity index is 709. The molecular formula is C17H30N6O7S2. The summed E-state index contributed by atoms with van der Waals surface area (Å²) in [4.78, 5) is 70.6. The van der Waals surface area contributed by atoms with Gasteiger partial charge in [-0.2, -0.15) is 24.4 Å². The van der Waals surface area contributed by atoms with E-state index in [2.05, 4.69) is 28.6 Å². The number of nitrogens with one attached hydrogen (secondary N) is 3. The Balaban J connectivity index is 5.27. The van der Waals surface area contributed by atoms with E-state index in [0.717, 1.165) is 0 Å². The average molecular weight is 495 g/mol. The molecule has 13 nitrogen and oxygen atoms in total. The van der Waals surface area contributed by atoms with Gasteiger partial charge in [-0.1, -0.05) is 0 Å². The van der Waals surface area contributed by atoms with Crippen LogP contribution >= 0.6 is 24.4 Å². The molecule has 0 aliphatic heterocycles. The molecule has 15 heteroatoms. The van der Waals surface area contributed by atoms with Gasteiger partial charge in [-0.15, -0.1) is 0 Å². The third-order valence-corrected chi connectivity index (χ3v) is 5.12. The molecule has 0 saturated carbocycles. The number of carbonyl (C=O) groups excluding carboxylic acids is 5. The predicted octanol–water partition coefficient (Wildman–Crippen LogP) is -3.32. The van der Waals surface area contributed by atoms with Gasteiger partial charge in [0.2, 0.25) is 29.5 Å². The highest BCUT2D eigenvalue weighted by molar-refractivity contribution is 7.98. The maximum atomic E-state index is 12.7. The number of thiol groups is 1. The molecule has 182 valence electrons. The van der Waals surface area contributed by atoms with Crippen molar-refractivity contribution in [3.63, 3.8) is 0 Å². The Morgan fingerprint density at radius 1 is 0.875 bits per heavy atom. The van der Waals surface area contributed by atoms with E-state index in [9.17, 15) is 33.9 Å². The van der Waals surface area contributed by atoms with Gasteiger partial charge in [0, 0.05) is 12.2 Å². The van der Waals surface area contributed by atoms with E-state index in [4.69, 9.17) is 17.2 Å². The molecule has 0 rings (SSSR count). The summed E-state index contributed by atoms with van der Waals surface area (Å²) >= 11 is 5.41. The van der Waals surface area contributed by atoms with Crippen molar-refractivity contribution in [3.05, 3.63) is 0 Å². The van der Waals surface area contributed by atoms with Gasteiger partial charge in [-0.05, 0) is 24.9 Å². The van der Waals surface area contributed by atoms with E-state index in [-0.39, 0.29) is 25.0 Å². The lowest BCUT2D eigenvalue weighted by Gasteiger charge is -2.24. The number of hydrogen-bond donors (Lipinski definition) is 8.